The lowest BCUT2D eigenvalue weighted by Crippen LogP contribution is -2.33. The fourth-order valence-corrected chi connectivity index (χ4v) is 2.01. The molecule has 0 aliphatic rings. The molecule has 0 aromatic rings. The van der Waals surface area contributed by atoms with Crippen molar-refractivity contribution in [2.45, 2.75) is 45.6 Å². The third-order valence-electron chi connectivity index (χ3n) is 3.44. The molecule has 2 atom stereocenters. The van der Waals surface area contributed by atoms with Crippen LogP contribution in [-0.4, -0.2) is 44.8 Å². The molecule has 0 bridgehead atoms. The Balaban J connectivity index is 3.62. The zero-order valence-corrected chi connectivity index (χ0v) is 11.5. The summed E-state index contributed by atoms with van der Waals surface area (Å²) in [6.07, 6.45) is 5.00. The summed E-state index contributed by atoms with van der Waals surface area (Å²) in [4.78, 5) is 2.37. The summed E-state index contributed by atoms with van der Waals surface area (Å²) in [5.74, 6) is 0.816. The predicted molar refractivity (Wildman–Crippen MR) is 70.7 cm³/mol. The van der Waals surface area contributed by atoms with E-state index in [2.05, 4.69) is 25.8 Å². The highest BCUT2D eigenvalue weighted by Gasteiger charge is 2.10. The van der Waals surface area contributed by atoms with Gasteiger partial charge < -0.3 is 15.4 Å². The largest absolute Gasteiger partial charge is 0.383 e. The van der Waals surface area contributed by atoms with Crippen LogP contribution in [0.1, 0.15) is 39.5 Å². The monoisotopic (exact) mass is 230 g/mol. The zero-order chi connectivity index (χ0) is 12.4. The second kappa shape index (κ2) is 10.1. The van der Waals surface area contributed by atoms with Gasteiger partial charge in [-0.2, -0.15) is 0 Å². The van der Waals surface area contributed by atoms with E-state index in [0.717, 1.165) is 25.6 Å². The smallest absolute Gasteiger partial charge is 0.0615 e. The zero-order valence-electron chi connectivity index (χ0n) is 11.5. The summed E-state index contributed by atoms with van der Waals surface area (Å²) in [6, 6.07) is 0.514. The molecule has 0 saturated carbocycles. The molecule has 0 amide bonds. The van der Waals surface area contributed by atoms with Crippen molar-refractivity contribution in [3.8, 4) is 0 Å². The van der Waals surface area contributed by atoms with Crippen molar-refractivity contribution >= 4 is 0 Å². The Hall–Kier alpha value is -0.120. The van der Waals surface area contributed by atoms with Crippen LogP contribution in [0.3, 0.4) is 0 Å². The molecule has 3 heteroatoms. The Bertz CT molecular complexity index is 153. The van der Waals surface area contributed by atoms with E-state index in [1.165, 1.54) is 25.7 Å². The third-order valence-corrected chi connectivity index (χ3v) is 3.44. The van der Waals surface area contributed by atoms with Gasteiger partial charge in [0.2, 0.25) is 0 Å². The summed E-state index contributed by atoms with van der Waals surface area (Å²) in [5, 5.41) is 0. The number of rotatable bonds is 10. The second-order valence-corrected chi connectivity index (χ2v) is 4.78. The standard InChI is InChI=1S/C13H30N2O/c1-5-13(8-9-14)7-6-10-15(3)12(2)11-16-4/h12-13H,5-11,14H2,1-4H3. The highest BCUT2D eigenvalue weighted by Crippen LogP contribution is 2.14. The SMILES string of the molecule is CCC(CCN)CCCN(C)C(C)COC. The van der Waals surface area contributed by atoms with Crippen LogP contribution in [0.15, 0.2) is 0 Å². The van der Waals surface area contributed by atoms with Crippen LogP contribution >= 0.6 is 0 Å². The summed E-state index contributed by atoms with van der Waals surface area (Å²) in [6.45, 7) is 7.27. The highest BCUT2D eigenvalue weighted by atomic mass is 16.5. The van der Waals surface area contributed by atoms with Gasteiger partial charge in [0.05, 0.1) is 6.61 Å². The fourth-order valence-electron chi connectivity index (χ4n) is 2.01. The minimum Gasteiger partial charge on any atom is -0.383 e. The Kier molecular flexibility index (Phi) is 9.99. The molecule has 2 unspecified atom stereocenters. The van der Waals surface area contributed by atoms with Gasteiger partial charge >= 0.3 is 0 Å². The summed E-state index contributed by atoms with van der Waals surface area (Å²) in [7, 11) is 3.94. The molecule has 0 rings (SSSR count). The third kappa shape index (κ3) is 7.20. The van der Waals surface area contributed by atoms with Crippen molar-refractivity contribution < 1.29 is 4.74 Å². The lowest BCUT2D eigenvalue weighted by atomic mass is 9.96. The van der Waals surface area contributed by atoms with Crippen LogP contribution in [0.5, 0.6) is 0 Å². The Morgan fingerprint density at radius 2 is 2.00 bits per heavy atom. The van der Waals surface area contributed by atoms with E-state index in [1.54, 1.807) is 7.11 Å². The second-order valence-electron chi connectivity index (χ2n) is 4.78. The summed E-state index contributed by atoms with van der Waals surface area (Å²) < 4.78 is 5.15. The first-order valence-electron chi connectivity index (χ1n) is 6.54. The minimum atomic E-state index is 0.514. The molecule has 3 nitrogen and oxygen atoms in total. The molecule has 0 aliphatic carbocycles. The molecule has 2 N–H and O–H groups in total. The van der Waals surface area contributed by atoms with Crippen LogP contribution in [-0.2, 0) is 4.74 Å². The molecular formula is C13H30N2O. The minimum absolute atomic E-state index is 0.514. The van der Waals surface area contributed by atoms with Gasteiger partial charge in [0, 0.05) is 13.2 Å². The van der Waals surface area contributed by atoms with Crippen molar-refractivity contribution in [2.24, 2.45) is 11.7 Å². The van der Waals surface area contributed by atoms with Crippen LogP contribution in [0.2, 0.25) is 0 Å². The van der Waals surface area contributed by atoms with Gasteiger partial charge in [-0.05, 0) is 52.2 Å². The average Bonchev–Trinajstić information content (AvgIpc) is 2.28. The maximum Gasteiger partial charge on any atom is 0.0615 e. The predicted octanol–water partition coefficient (Wildman–Crippen LogP) is 2.11. The topological polar surface area (TPSA) is 38.5 Å². The van der Waals surface area contributed by atoms with E-state index in [9.17, 15) is 0 Å². The van der Waals surface area contributed by atoms with E-state index >= 15 is 0 Å². The molecular weight excluding hydrogens is 200 g/mol. The summed E-state index contributed by atoms with van der Waals surface area (Å²) in [5.41, 5.74) is 5.60. The van der Waals surface area contributed by atoms with Gasteiger partial charge in [0.1, 0.15) is 0 Å². The van der Waals surface area contributed by atoms with Gasteiger partial charge in [-0.3, -0.25) is 0 Å². The molecule has 16 heavy (non-hydrogen) atoms. The molecule has 0 fully saturated rings. The van der Waals surface area contributed by atoms with Crippen molar-refractivity contribution in [2.75, 3.05) is 33.9 Å². The molecule has 0 aromatic carbocycles. The van der Waals surface area contributed by atoms with Gasteiger partial charge in [0.25, 0.3) is 0 Å². The Morgan fingerprint density at radius 1 is 1.31 bits per heavy atom. The van der Waals surface area contributed by atoms with Gasteiger partial charge in [-0.15, -0.1) is 0 Å². The average molecular weight is 230 g/mol. The van der Waals surface area contributed by atoms with E-state index in [-0.39, 0.29) is 0 Å². The Morgan fingerprint density at radius 3 is 2.50 bits per heavy atom. The van der Waals surface area contributed by atoms with E-state index in [1.807, 2.05) is 0 Å². The number of ether oxygens (including phenoxy) is 1. The number of likely N-dealkylation sites (N-methyl/N-ethyl adjacent to an activating group) is 1. The number of hydrogen-bond donors (Lipinski definition) is 1. The van der Waals surface area contributed by atoms with Crippen molar-refractivity contribution in [3.63, 3.8) is 0 Å². The number of methoxy groups -OCH3 is 1. The number of nitrogens with two attached hydrogens (primary N) is 1. The van der Waals surface area contributed by atoms with Crippen LogP contribution in [0.4, 0.5) is 0 Å². The first-order chi connectivity index (χ1) is 7.65. The molecule has 98 valence electrons. The number of hydrogen-bond acceptors (Lipinski definition) is 3. The molecule has 0 saturated heterocycles. The van der Waals surface area contributed by atoms with Gasteiger partial charge in [0.15, 0.2) is 0 Å². The molecule has 0 aliphatic heterocycles. The van der Waals surface area contributed by atoms with Crippen LogP contribution in [0, 0.1) is 5.92 Å². The first kappa shape index (κ1) is 15.9. The van der Waals surface area contributed by atoms with E-state index in [4.69, 9.17) is 10.5 Å². The normalized spacial score (nSPS) is 15.4. The maximum absolute atomic E-state index is 5.60. The van der Waals surface area contributed by atoms with Gasteiger partial charge in [-0.1, -0.05) is 13.3 Å². The molecule has 0 heterocycles. The fraction of sp³-hybridized carbons (Fsp3) is 1.00. The quantitative estimate of drug-likeness (QED) is 0.625. The van der Waals surface area contributed by atoms with Crippen molar-refractivity contribution in [1.29, 1.82) is 0 Å². The lowest BCUT2D eigenvalue weighted by molar-refractivity contribution is 0.113. The van der Waals surface area contributed by atoms with Crippen molar-refractivity contribution in [3.05, 3.63) is 0 Å². The molecule has 0 spiro atoms. The Labute approximate surface area is 101 Å². The molecule has 0 aromatic heterocycles. The number of nitrogens with zero attached hydrogens (tertiary/aromatic N) is 1. The van der Waals surface area contributed by atoms with Crippen LogP contribution in [0.25, 0.3) is 0 Å². The van der Waals surface area contributed by atoms with Crippen molar-refractivity contribution in [1.82, 2.24) is 4.90 Å². The van der Waals surface area contributed by atoms with Crippen LogP contribution < -0.4 is 5.73 Å². The molecule has 0 radical (unpaired) electrons. The highest BCUT2D eigenvalue weighted by molar-refractivity contribution is 4.64. The van der Waals surface area contributed by atoms with E-state index in [0.29, 0.717) is 6.04 Å². The maximum atomic E-state index is 5.60. The van der Waals surface area contributed by atoms with E-state index < -0.39 is 0 Å². The van der Waals surface area contributed by atoms with Gasteiger partial charge in [-0.25, -0.2) is 0 Å². The summed E-state index contributed by atoms with van der Waals surface area (Å²) >= 11 is 0. The lowest BCUT2D eigenvalue weighted by Gasteiger charge is -2.24. The first-order valence-corrected chi connectivity index (χ1v) is 6.54.